The van der Waals surface area contributed by atoms with Gasteiger partial charge in [0.25, 0.3) is 10.0 Å². The van der Waals surface area contributed by atoms with E-state index >= 15 is 0 Å². The molecular formula is C27H22N2O3S2. The number of ether oxygens (including phenoxy) is 1. The van der Waals surface area contributed by atoms with Gasteiger partial charge in [0, 0.05) is 18.2 Å². The third-order valence-electron chi connectivity index (χ3n) is 5.56. The van der Waals surface area contributed by atoms with Crippen molar-refractivity contribution in [1.82, 2.24) is 4.31 Å². The van der Waals surface area contributed by atoms with Crippen molar-refractivity contribution in [2.75, 3.05) is 7.05 Å². The Morgan fingerprint density at radius 3 is 2.29 bits per heavy atom. The molecule has 0 bridgehead atoms. The summed E-state index contributed by atoms with van der Waals surface area (Å²) < 4.78 is 34.7. The first-order chi connectivity index (χ1) is 16.4. The lowest BCUT2D eigenvalue weighted by atomic mass is 10.0. The van der Waals surface area contributed by atoms with E-state index in [4.69, 9.17) is 9.73 Å². The second-order valence-corrected chi connectivity index (χ2v) is 10.8. The summed E-state index contributed by atoms with van der Waals surface area (Å²) in [5.74, 6) is 0.861. The fourth-order valence-corrected chi connectivity index (χ4v) is 5.82. The Balaban J connectivity index is 1.73. The van der Waals surface area contributed by atoms with E-state index in [1.807, 2.05) is 79.0 Å². The molecule has 0 atom stereocenters. The number of fused-ring (bicyclic) bond motifs is 1. The lowest BCUT2D eigenvalue weighted by molar-refractivity contribution is 0.408. The minimum Gasteiger partial charge on any atom is -0.436 e. The molecule has 1 aromatic heterocycles. The van der Waals surface area contributed by atoms with E-state index in [1.54, 1.807) is 31.3 Å². The van der Waals surface area contributed by atoms with E-state index in [-0.39, 0.29) is 10.8 Å². The molecule has 1 aliphatic heterocycles. The number of nitrogens with zero attached hydrogens (tertiary/aromatic N) is 2. The van der Waals surface area contributed by atoms with Crippen molar-refractivity contribution in [3.8, 4) is 5.75 Å². The number of para-hydroxylation sites is 1. The third kappa shape index (κ3) is 4.04. The highest BCUT2D eigenvalue weighted by molar-refractivity contribution is 7.89. The molecule has 5 rings (SSSR count). The number of benzene rings is 3. The standard InChI is InChI=1S/C27H22N2O3S2/c1-19-14-16-21(17-15-19)34(30,31)29(2)26(24-13-8-18-33-24)27-28-25(20-9-4-3-5-10-20)22-11-6-7-12-23(22)32-27/h3-18H,1-2H3/b27-26-. The minimum absolute atomic E-state index is 0.207. The van der Waals surface area contributed by atoms with Crippen LogP contribution in [0.2, 0.25) is 0 Å². The van der Waals surface area contributed by atoms with Crippen LogP contribution in [0.1, 0.15) is 21.6 Å². The molecular weight excluding hydrogens is 464 g/mol. The second-order valence-electron chi connectivity index (χ2n) is 7.84. The van der Waals surface area contributed by atoms with Gasteiger partial charge in [0.1, 0.15) is 11.4 Å². The van der Waals surface area contributed by atoms with Gasteiger partial charge in [0.2, 0.25) is 5.88 Å². The number of rotatable bonds is 5. The van der Waals surface area contributed by atoms with Gasteiger partial charge in [-0.3, -0.25) is 4.31 Å². The monoisotopic (exact) mass is 486 g/mol. The maximum atomic E-state index is 13.6. The summed E-state index contributed by atoms with van der Waals surface area (Å²) in [4.78, 5) is 5.81. The first-order valence-corrected chi connectivity index (χ1v) is 13.0. The highest BCUT2D eigenvalue weighted by Gasteiger charge is 2.31. The van der Waals surface area contributed by atoms with E-state index in [9.17, 15) is 8.42 Å². The predicted octanol–water partition coefficient (Wildman–Crippen LogP) is 5.93. The van der Waals surface area contributed by atoms with Gasteiger partial charge in [-0.15, -0.1) is 11.3 Å². The highest BCUT2D eigenvalue weighted by Crippen LogP contribution is 2.37. The summed E-state index contributed by atoms with van der Waals surface area (Å²) in [6.45, 7) is 1.92. The number of thiophene rings is 1. The molecule has 2 heterocycles. The average molecular weight is 487 g/mol. The molecule has 7 heteroatoms. The van der Waals surface area contributed by atoms with E-state index in [2.05, 4.69) is 0 Å². The van der Waals surface area contributed by atoms with Gasteiger partial charge in [0.15, 0.2) is 0 Å². The van der Waals surface area contributed by atoms with Gasteiger partial charge in [-0.05, 0) is 42.6 Å². The molecule has 34 heavy (non-hydrogen) atoms. The first kappa shape index (κ1) is 22.1. The zero-order valence-electron chi connectivity index (χ0n) is 18.7. The van der Waals surface area contributed by atoms with Gasteiger partial charge in [-0.2, -0.15) is 0 Å². The Kier molecular flexibility index (Phi) is 5.81. The van der Waals surface area contributed by atoms with Crippen LogP contribution >= 0.6 is 11.3 Å². The molecule has 0 spiro atoms. The summed E-state index contributed by atoms with van der Waals surface area (Å²) in [5, 5.41) is 1.90. The fourth-order valence-electron chi connectivity index (χ4n) is 3.75. The Bertz CT molecular complexity index is 1490. The third-order valence-corrected chi connectivity index (χ3v) is 8.21. The Morgan fingerprint density at radius 2 is 1.59 bits per heavy atom. The molecule has 0 radical (unpaired) electrons. The number of hydrogen-bond acceptors (Lipinski definition) is 5. The van der Waals surface area contributed by atoms with E-state index in [1.165, 1.54) is 15.6 Å². The molecule has 0 amide bonds. The summed E-state index contributed by atoms with van der Waals surface area (Å²) in [6.07, 6.45) is 0. The second kappa shape index (κ2) is 8.93. The molecule has 0 fully saturated rings. The SMILES string of the molecule is Cc1ccc(S(=O)(=O)N(C)/C(=C2/N=C(c3ccccc3)c3ccccc3O2)c2cccs2)cc1. The first-order valence-electron chi connectivity index (χ1n) is 10.7. The van der Waals surface area contributed by atoms with Crippen LogP contribution in [0.15, 0.2) is 112 Å². The number of hydrogen-bond donors (Lipinski definition) is 0. The van der Waals surface area contributed by atoms with Crippen LogP contribution in [0, 0.1) is 6.92 Å². The molecule has 0 aliphatic carbocycles. The molecule has 3 aromatic carbocycles. The number of aliphatic imine (C=N–C) groups is 1. The Morgan fingerprint density at radius 1 is 0.882 bits per heavy atom. The highest BCUT2D eigenvalue weighted by atomic mass is 32.2. The topological polar surface area (TPSA) is 59.0 Å². The zero-order chi connectivity index (χ0) is 23.7. The summed E-state index contributed by atoms with van der Waals surface area (Å²) in [7, 11) is -2.32. The van der Waals surface area contributed by atoms with Gasteiger partial charge in [0.05, 0.1) is 15.5 Å². The lowest BCUT2D eigenvalue weighted by Crippen LogP contribution is -2.28. The molecule has 5 nitrogen and oxygen atoms in total. The van der Waals surface area contributed by atoms with Crippen molar-refractivity contribution < 1.29 is 13.2 Å². The van der Waals surface area contributed by atoms with Crippen LogP contribution in [-0.2, 0) is 10.0 Å². The Hall–Kier alpha value is -3.68. The van der Waals surface area contributed by atoms with E-state index in [0.29, 0.717) is 11.4 Å². The van der Waals surface area contributed by atoms with Crippen molar-refractivity contribution in [2.24, 2.45) is 4.99 Å². The normalized spacial score (nSPS) is 14.6. The Labute approximate surface area is 203 Å². The maximum Gasteiger partial charge on any atom is 0.264 e. The van der Waals surface area contributed by atoms with Crippen molar-refractivity contribution >= 4 is 32.8 Å². The average Bonchev–Trinajstić information content (AvgIpc) is 3.39. The van der Waals surface area contributed by atoms with E-state index < -0.39 is 10.0 Å². The lowest BCUT2D eigenvalue weighted by Gasteiger charge is -2.26. The molecule has 0 saturated carbocycles. The minimum atomic E-state index is -3.86. The summed E-state index contributed by atoms with van der Waals surface area (Å²) >= 11 is 1.43. The molecule has 0 saturated heterocycles. The molecule has 1 aliphatic rings. The molecule has 0 N–H and O–H groups in total. The van der Waals surface area contributed by atoms with Crippen LogP contribution in [-0.4, -0.2) is 25.5 Å². The molecule has 0 unspecified atom stereocenters. The van der Waals surface area contributed by atoms with Crippen LogP contribution in [0.5, 0.6) is 5.75 Å². The van der Waals surface area contributed by atoms with Crippen LogP contribution in [0.4, 0.5) is 0 Å². The summed E-state index contributed by atoms with van der Waals surface area (Å²) in [6, 6.07) is 28.0. The van der Waals surface area contributed by atoms with Gasteiger partial charge in [-0.25, -0.2) is 13.4 Å². The van der Waals surface area contributed by atoms with Crippen molar-refractivity contribution in [2.45, 2.75) is 11.8 Å². The van der Waals surface area contributed by atoms with Crippen LogP contribution in [0.25, 0.3) is 5.70 Å². The number of sulfonamides is 1. The maximum absolute atomic E-state index is 13.6. The van der Waals surface area contributed by atoms with Gasteiger partial charge in [-0.1, -0.05) is 66.2 Å². The molecule has 4 aromatic rings. The quantitative estimate of drug-likeness (QED) is 0.351. The fraction of sp³-hybridized carbons (Fsp3) is 0.0741. The van der Waals surface area contributed by atoms with Crippen molar-refractivity contribution in [1.29, 1.82) is 0 Å². The van der Waals surface area contributed by atoms with Crippen LogP contribution in [0.3, 0.4) is 0 Å². The van der Waals surface area contributed by atoms with Gasteiger partial charge >= 0.3 is 0 Å². The van der Waals surface area contributed by atoms with Crippen LogP contribution < -0.4 is 4.74 Å². The number of aryl methyl sites for hydroxylation is 1. The van der Waals surface area contributed by atoms with Crippen molar-refractivity contribution in [3.05, 3.63) is 124 Å². The molecule has 170 valence electrons. The largest absolute Gasteiger partial charge is 0.436 e. The van der Waals surface area contributed by atoms with Gasteiger partial charge < -0.3 is 4.74 Å². The zero-order valence-corrected chi connectivity index (χ0v) is 20.3. The summed E-state index contributed by atoms with van der Waals surface area (Å²) in [5.41, 5.74) is 3.88. The smallest absolute Gasteiger partial charge is 0.264 e. The predicted molar refractivity (Wildman–Crippen MR) is 137 cm³/mol. The van der Waals surface area contributed by atoms with Crippen molar-refractivity contribution in [3.63, 3.8) is 0 Å². The van der Waals surface area contributed by atoms with E-state index in [0.717, 1.165) is 27.3 Å².